The Bertz CT molecular complexity index is 919. The predicted octanol–water partition coefficient (Wildman–Crippen LogP) is 3.09. The van der Waals surface area contributed by atoms with Crippen LogP contribution in [0, 0.1) is 0 Å². The lowest BCUT2D eigenvalue weighted by molar-refractivity contribution is 0.379. The van der Waals surface area contributed by atoms with E-state index in [2.05, 4.69) is 20.7 Å². The van der Waals surface area contributed by atoms with Crippen LogP contribution in [0.5, 0.6) is 17.2 Å². The largest absolute Gasteiger partial charge is 0.493 e. The molecule has 0 spiro atoms. The van der Waals surface area contributed by atoms with Gasteiger partial charge in [-0.25, -0.2) is 0 Å². The molecule has 146 valence electrons. The van der Waals surface area contributed by atoms with E-state index < -0.39 is 0 Å². The number of rotatable bonds is 7. The molecule has 0 fully saturated rings. The number of methoxy groups -OCH3 is 1. The number of nitrogens with one attached hydrogen (secondary N) is 2. The zero-order valence-corrected chi connectivity index (χ0v) is 16.3. The second-order valence-corrected chi connectivity index (χ2v) is 6.12. The zero-order chi connectivity index (χ0) is 19.8. The van der Waals surface area contributed by atoms with E-state index in [0.717, 1.165) is 23.0 Å². The molecule has 2 N–H and O–H groups in total. The van der Waals surface area contributed by atoms with E-state index in [1.54, 1.807) is 20.4 Å². The molecule has 7 heteroatoms. The van der Waals surface area contributed by atoms with Gasteiger partial charge in [-0.05, 0) is 35.9 Å². The van der Waals surface area contributed by atoms with Crippen LogP contribution in [0.1, 0.15) is 11.3 Å². The Balaban J connectivity index is 1.53. The Morgan fingerprint density at radius 2 is 1.71 bits per heavy atom. The minimum atomic E-state index is 0.653. The Kier molecular flexibility index (Phi) is 6.51. The van der Waals surface area contributed by atoms with Crippen LogP contribution in [0.3, 0.4) is 0 Å². The van der Waals surface area contributed by atoms with Gasteiger partial charge in [-0.1, -0.05) is 24.3 Å². The third-order valence-electron chi connectivity index (χ3n) is 4.26. The maximum atomic E-state index is 5.90. The van der Waals surface area contributed by atoms with Gasteiger partial charge in [0, 0.05) is 26.8 Å². The van der Waals surface area contributed by atoms with Crippen LogP contribution in [-0.4, -0.2) is 29.9 Å². The molecule has 0 saturated carbocycles. The highest BCUT2D eigenvalue weighted by Gasteiger charge is 2.05. The molecule has 1 heterocycles. The van der Waals surface area contributed by atoms with Crippen molar-refractivity contribution in [2.24, 2.45) is 12.0 Å². The number of hydrogen-bond acceptors (Lipinski definition) is 4. The Labute approximate surface area is 165 Å². The first-order valence-electron chi connectivity index (χ1n) is 9.01. The number of nitrogens with zero attached hydrogens (tertiary/aromatic N) is 3. The van der Waals surface area contributed by atoms with Crippen LogP contribution in [0.15, 0.2) is 65.8 Å². The van der Waals surface area contributed by atoms with E-state index in [1.165, 1.54) is 0 Å². The Morgan fingerprint density at radius 3 is 2.36 bits per heavy atom. The van der Waals surface area contributed by atoms with Crippen molar-refractivity contribution < 1.29 is 9.47 Å². The van der Waals surface area contributed by atoms with Crippen molar-refractivity contribution in [1.82, 2.24) is 20.4 Å². The van der Waals surface area contributed by atoms with Gasteiger partial charge in [0.05, 0.1) is 19.3 Å². The molecule has 28 heavy (non-hydrogen) atoms. The second-order valence-electron chi connectivity index (χ2n) is 6.12. The summed E-state index contributed by atoms with van der Waals surface area (Å²) >= 11 is 0. The predicted molar refractivity (Wildman–Crippen MR) is 110 cm³/mol. The smallest absolute Gasteiger partial charge is 0.191 e. The molecule has 3 aromatic rings. The van der Waals surface area contributed by atoms with Crippen molar-refractivity contribution >= 4 is 5.96 Å². The molecule has 0 aliphatic heterocycles. The highest BCUT2D eigenvalue weighted by molar-refractivity contribution is 5.79. The lowest BCUT2D eigenvalue weighted by Gasteiger charge is -2.13. The quantitative estimate of drug-likeness (QED) is 0.488. The molecular weight excluding hydrogens is 354 g/mol. The normalized spacial score (nSPS) is 11.2. The third kappa shape index (κ3) is 5.03. The van der Waals surface area contributed by atoms with Gasteiger partial charge >= 0.3 is 0 Å². The number of guanidine groups is 1. The monoisotopic (exact) mass is 379 g/mol. The maximum Gasteiger partial charge on any atom is 0.191 e. The van der Waals surface area contributed by atoms with Gasteiger partial charge < -0.3 is 20.1 Å². The topological polar surface area (TPSA) is 72.7 Å². The van der Waals surface area contributed by atoms with E-state index in [1.807, 2.05) is 66.3 Å². The van der Waals surface area contributed by atoms with Crippen molar-refractivity contribution in [2.75, 3.05) is 14.2 Å². The van der Waals surface area contributed by atoms with Crippen molar-refractivity contribution in [3.8, 4) is 17.2 Å². The number of benzene rings is 2. The van der Waals surface area contributed by atoms with E-state index in [9.17, 15) is 0 Å². The van der Waals surface area contributed by atoms with Gasteiger partial charge in [0.2, 0.25) is 0 Å². The fourth-order valence-electron chi connectivity index (χ4n) is 2.66. The standard InChI is InChI=1S/C21H25N5O2/c1-22-21(24-15-17-12-13-25-26(17)2)23-14-16-8-10-18(11-9-16)28-20-7-5-4-6-19(20)27-3/h4-13H,14-15H2,1-3H3,(H2,22,23,24). The van der Waals surface area contributed by atoms with Crippen molar-refractivity contribution in [2.45, 2.75) is 13.1 Å². The molecule has 0 atom stereocenters. The average molecular weight is 379 g/mol. The SMILES string of the molecule is CN=C(NCc1ccc(Oc2ccccc2OC)cc1)NCc1ccnn1C. The molecular formula is C21H25N5O2. The number of hydrogen-bond donors (Lipinski definition) is 2. The van der Waals surface area contributed by atoms with Crippen molar-refractivity contribution in [3.05, 3.63) is 72.1 Å². The number of aromatic nitrogens is 2. The summed E-state index contributed by atoms with van der Waals surface area (Å²) in [5, 5.41) is 10.7. The van der Waals surface area contributed by atoms with Gasteiger partial charge in [-0.3, -0.25) is 9.67 Å². The molecule has 0 aliphatic rings. The number of aliphatic imine (C=N–C) groups is 1. The first-order chi connectivity index (χ1) is 13.7. The molecule has 3 rings (SSSR count). The number of para-hydroxylation sites is 2. The summed E-state index contributed by atoms with van der Waals surface area (Å²) < 4.78 is 13.1. The highest BCUT2D eigenvalue weighted by atomic mass is 16.5. The molecule has 2 aromatic carbocycles. The van der Waals surface area contributed by atoms with Gasteiger partial charge in [-0.2, -0.15) is 5.10 Å². The van der Waals surface area contributed by atoms with Gasteiger partial charge in [-0.15, -0.1) is 0 Å². The maximum absolute atomic E-state index is 5.90. The number of aryl methyl sites for hydroxylation is 1. The summed E-state index contributed by atoms with van der Waals surface area (Å²) in [5.74, 6) is 2.88. The van der Waals surface area contributed by atoms with Crippen LogP contribution in [0.2, 0.25) is 0 Å². The minimum Gasteiger partial charge on any atom is -0.493 e. The molecule has 0 saturated heterocycles. The number of ether oxygens (including phenoxy) is 2. The van der Waals surface area contributed by atoms with Crippen molar-refractivity contribution in [3.63, 3.8) is 0 Å². The van der Waals surface area contributed by atoms with E-state index >= 15 is 0 Å². The van der Waals surface area contributed by atoms with E-state index in [4.69, 9.17) is 9.47 Å². The first kappa shape index (κ1) is 19.3. The molecule has 1 aromatic heterocycles. The van der Waals surface area contributed by atoms with Gasteiger partial charge in [0.25, 0.3) is 0 Å². The first-order valence-corrected chi connectivity index (χ1v) is 9.01. The Hall–Kier alpha value is -3.48. The van der Waals surface area contributed by atoms with Crippen LogP contribution in [0.4, 0.5) is 0 Å². The summed E-state index contributed by atoms with van der Waals surface area (Å²) in [4.78, 5) is 4.25. The average Bonchev–Trinajstić information content (AvgIpc) is 3.14. The van der Waals surface area contributed by atoms with Crippen LogP contribution < -0.4 is 20.1 Å². The summed E-state index contributed by atoms with van der Waals surface area (Å²) in [7, 11) is 5.30. The fraction of sp³-hybridized carbons (Fsp3) is 0.238. The van der Waals surface area contributed by atoms with E-state index in [0.29, 0.717) is 24.6 Å². The Morgan fingerprint density at radius 1 is 1.00 bits per heavy atom. The summed E-state index contributed by atoms with van der Waals surface area (Å²) in [6.45, 7) is 1.31. The fourth-order valence-corrected chi connectivity index (χ4v) is 2.66. The van der Waals surface area contributed by atoms with Gasteiger partial charge in [0.1, 0.15) is 5.75 Å². The lowest BCUT2D eigenvalue weighted by Crippen LogP contribution is -2.36. The van der Waals surface area contributed by atoms with Gasteiger partial charge in [0.15, 0.2) is 17.5 Å². The minimum absolute atomic E-state index is 0.653. The van der Waals surface area contributed by atoms with Crippen LogP contribution >= 0.6 is 0 Å². The summed E-state index contributed by atoms with van der Waals surface area (Å²) in [6.07, 6.45) is 1.78. The van der Waals surface area contributed by atoms with Crippen LogP contribution in [0.25, 0.3) is 0 Å². The van der Waals surface area contributed by atoms with E-state index in [-0.39, 0.29) is 0 Å². The zero-order valence-electron chi connectivity index (χ0n) is 16.3. The third-order valence-corrected chi connectivity index (χ3v) is 4.26. The van der Waals surface area contributed by atoms with Crippen molar-refractivity contribution in [1.29, 1.82) is 0 Å². The lowest BCUT2D eigenvalue weighted by atomic mass is 10.2. The molecule has 0 radical (unpaired) electrons. The molecule has 0 bridgehead atoms. The molecule has 0 amide bonds. The van der Waals surface area contributed by atoms with Crippen LogP contribution in [-0.2, 0) is 20.1 Å². The molecule has 7 nitrogen and oxygen atoms in total. The molecule has 0 aliphatic carbocycles. The summed E-state index contributed by atoms with van der Waals surface area (Å²) in [6, 6.07) is 17.5. The molecule has 0 unspecified atom stereocenters. The summed E-state index contributed by atoms with van der Waals surface area (Å²) in [5.41, 5.74) is 2.21. The highest BCUT2D eigenvalue weighted by Crippen LogP contribution is 2.30. The second kappa shape index (κ2) is 9.45.